The van der Waals surface area contributed by atoms with Gasteiger partial charge in [-0.25, -0.2) is 0 Å². The minimum absolute atomic E-state index is 0.0679. The van der Waals surface area contributed by atoms with Crippen LogP contribution in [0.4, 0.5) is 5.82 Å². The smallest absolute Gasteiger partial charge is 0.406 e. The first kappa shape index (κ1) is 12.9. The van der Waals surface area contributed by atoms with Crippen molar-refractivity contribution in [2.75, 3.05) is 6.61 Å². The number of pyridine rings is 1. The number of hydrogen-bond acceptors (Lipinski definition) is 5. The van der Waals surface area contributed by atoms with Gasteiger partial charge in [0.1, 0.15) is 6.20 Å². The van der Waals surface area contributed by atoms with Crippen molar-refractivity contribution in [1.29, 1.82) is 0 Å². The summed E-state index contributed by atoms with van der Waals surface area (Å²) in [6.07, 6.45) is 2.38. The fraction of sp³-hybridized carbons (Fsp3) is 0.400. The minimum atomic E-state index is -0.864. The van der Waals surface area contributed by atoms with Crippen LogP contribution in [0, 0.1) is 10.1 Å². The number of carboxylic acid groups (broad SMARTS) is 1. The van der Waals surface area contributed by atoms with Crippen LogP contribution in [0.1, 0.15) is 19.3 Å². The van der Waals surface area contributed by atoms with Crippen molar-refractivity contribution in [2.24, 2.45) is 0 Å². The quantitative estimate of drug-likeness (QED) is 0.441. The molecule has 1 rings (SSSR count). The van der Waals surface area contributed by atoms with Gasteiger partial charge in [0.15, 0.2) is 0 Å². The topological polar surface area (TPSA) is 103 Å². The first-order valence-corrected chi connectivity index (χ1v) is 5.05. The van der Waals surface area contributed by atoms with Gasteiger partial charge in [-0.05, 0) is 34.9 Å². The molecule has 1 aromatic rings. The maximum Gasteiger partial charge on any atom is 0.406 e. The number of unbranched alkanes of at least 4 members (excludes halogenated alkanes) is 1. The van der Waals surface area contributed by atoms with E-state index in [1.807, 2.05) is 0 Å². The molecule has 7 nitrogen and oxygen atoms in total. The van der Waals surface area contributed by atoms with Crippen LogP contribution < -0.4 is 4.74 Å². The van der Waals surface area contributed by atoms with Crippen LogP contribution in [-0.4, -0.2) is 27.6 Å². The van der Waals surface area contributed by atoms with E-state index in [1.54, 1.807) is 6.07 Å². The van der Waals surface area contributed by atoms with E-state index in [1.165, 1.54) is 12.3 Å². The van der Waals surface area contributed by atoms with Crippen molar-refractivity contribution in [2.45, 2.75) is 19.3 Å². The Labute approximate surface area is 97.2 Å². The lowest BCUT2D eigenvalue weighted by Crippen LogP contribution is -2.03. The fourth-order valence-corrected chi connectivity index (χ4v) is 1.19. The Kier molecular flexibility index (Phi) is 4.86. The van der Waals surface area contributed by atoms with Gasteiger partial charge in [0.25, 0.3) is 0 Å². The number of carbonyl (C=O) groups is 1. The molecule has 92 valence electrons. The Balaban J connectivity index is 2.41. The molecule has 0 saturated carbocycles. The molecule has 0 atom stereocenters. The summed E-state index contributed by atoms with van der Waals surface area (Å²) in [6, 6.07) is 3.00. The molecule has 0 aliphatic rings. The van der Waals surface area contributed by atoms with Gasteiger partial charge in [-0.15, -0.1) is 0 Å². The number of nitro groups is 1. The van der Waals surface area contributed by atoms with Crippen LogP contribution in [0.15, 0.2) is 18.3 Å². The Morgan fingerprint density at radius 2 is 2.29 bits per heavy atom. The summed E-state index contributed by atoms with van der Waals surface area (Å²) < 4.78 is 5.18. The molecular weight excluding hydrogens is 228 g/mol. The molecule has 0 aromatic carbocycles. The number of nitrogens with zero attached hydrogens (tertiary/aromatic N) is 2. The lowest BCUT2D eigenvalue weighted by Gasteiger charge is -2.04. The second-order valence-corrected chi connectivity index (χ2v) is 3.28. The molecule has 1 N–H and O–H groups in total. The maximum absolute atomic E-state index is 10.6. The number of rotatable bonds is 7. The molecular formula is C10H12N2O5. The number of hydrogen-bond donors (Lipinski definition) is 1. The molecule has 0 bridgehead atoms. The third-order valence-electron chi connectivity index (χ3n) is 1.97. The second-order valence-electron chi connectivity index (χ2n) is 3.28. The SMILES string of the molecule is O=C(O)CCCCOc1cccnc1[N+](=O)[O-]. The van der Waals surface area contributed by atoms with Crippen molar-refractivity contribution >= 4 is 11.8 Å². The average Bonchev–Trinajstić information content (AvgIpc) is 2.28. The van der Waals surface area contributed by atoms with E-state index >= 15 is 0 Å². The zero-order chi connectivity index (χ0) is 12.7. The second kappa shape index (κ2) is 6.41. The first-order valence-electron chi connectivity index (χ1n) is 5.05. The lowest BCUT2D eigenvalue weighted by molar-refractivity contribution is -0.390. The van der Waals surface area contributed by atoms with E-state index in [9.17, 15) is 14.9 Å². The van der Waals surface area contributed by atoms with Crippen molar-refractivity contribution in [1.82, 2.24) is 4.98 Å². The molecule has 0 unspecified atom stereocenters. The van der Waals surface area contributed by atoms with Gasteiger partial charge < -0.3 is 20.0 Å². The molecule has 0 radical (unpaired) electrons. The van der Waals surface area contributed by atoms with E-state index in [0.29, 0.717) is 12.8 Å². The third-order valence-corrected chi connectivity index (χ3v) is 1.97. The molecule has 0 fully saturated rings. The summed E-state index contributed by atoms with van der Waals surface area (Å²) >= 11 is 0. The summed E-state index contributed by atoms with van der Waals surface area (Å²) in [5.41, 5.74) is 0. The summed E-state index contributed by atoms with van der Waals surface area (Å²) in [7, 11) is 0. The highest BCUT2D eigenvalue weighted by Gasteiger charge is 2.14. The summed E-state index contributed by atoms with van der Waals surface area (Å²) in [5.74, 6) is -1.09. The van der Waals surface area contributed by atoms with E-state index in [2.05, 4.69) is 4.98 Å². The summed E-state index contributed by atoms with van der Waals surface area (Å²) in [6.45, 7) is 0.236. The van der Waals surface area contributed by atoms with Crippen molar-refractivity contribution in [3.63, 3.8) is 0 Å². The van der Waals surface area contributed by atoms with Gasteiger partial charge >= 0.3 is 11.8 Å². The van der Waals surface area contributed by atoms with E-state index in [4.69, 9.17) is 9.84 Å². The Morgan fingerprint density at radius 3 is 2.94 bits per heavy atom. The molecule has 1 aromatic heterocycles. The van der Waals surface area contributed by atoms with Gasteiger partial charge in [0.2, 0.25) is 5.75 Å². The number of carboxylic acids is 1. The Hall–Kier alpha value is -2.18. The fourth-order valence-electron chi connectivity index (χ4n) is 1.19. The molecule has 0 saturated heterocycles. The first-order chi connectivity index (χ1) is 8.11. The van der Waals surface area contributed by atoms with Crippen LogP contribution in [0.25, 0.3) is 0 Å². The van der Waals surface area contributed by atoms with Gasteiger partial charge in [0, 0.05) is 6.42 Å². The largest absolute Gasteiger partial charge is 0.486 e. The van der Waals surface area contributed by atoms with Crippen LogP contribution in [-0.2, 0) is 4.79 Å². The van der Waals surface area contributed by atoms with Gasteiger partial charge in [-0.3, -0.25) is 4.79 Å². The van der Waals surface area contributed by atoms with Crippen LogP contribution in [0.3, 0.4) is 0 Å². The highest BCUT2D eigenvalue weighted by Crippen LogP contribution is 2.22. The minimum Gasteiger partial charge on any atom is -0.486 e. The van der Waals surface area contributed by atoms with Gasteiger partial charge in [-0.1, -0.05) is 0 Å². The van der Waals surface area contributed by atoms with Crippen molar-refractivity contribution < 1.29 is 19.6 Å². The summed E-state index contributed by atoms with van der Waals surface area (Å²) in [4.78, 5) is 23.8. The Morgan fingerprint density at radius 1 is 1.53 bits per heavy atom. The van der Waals surface area contributed by atoms with E-state index in [-0.39, 0.29) is 24.6 Å². The van der Waals surface area contributed by atoms with Crippen molar-refractivity contribution in [3.05, 3.63) is 28.4 Å². The highest BCUT2D eigenvalue weighted by atomic mass is 16.6. The maximum atomic E-state index is 10.6. The molecule has 0 spiro atoms. The molecule has 17 heavy (non-hydrogen) atoms. The molecule has 7 heteroatoms. The molecule has 0 amide bonds. The van der Waals surface area contributed by atoms with Gasteiger partial charge in [0.05, 0.1) is 6.61 Å². The van der Waals surface area contributed by atoms with E-state index < -0.39 is 10.9 Å². The molecule has 0 aliphatic carbocycles. The zero-order valence-electron chi connectivity index (χ0n) is 9.04. The monoisotopic (exact) mass is 240 g/mol. The number of ether oxygens (including phenoxy) is 1. The third kappa shape index (κ3) is 4.45. The van der Waals surface area contributed by atoms with E-state index in [0.717, 1.165) is 0 Å². The Bertz CT molecular complexity index is 407. The van der Waals surface area contributed by atoms with Crippen LogP contribution >= 0.6 is 0 Å². The van der Waals surface area contributed by atoms with Crippen LogP contribution in [0.5, 0.6) is 5.75 Å². The van der Waals surface area contributed by atoms with Crippen molar-refractivity contribution in [3.8, 4) is 5.75 Å². The van der Waals surface area contributed by atoms with Crippen LogP contribution in [0.2, 0.25) is 0 Å². The molecule has 1 heterocycles. The number of aromatic nitrogens is 1. The zero-order valence-corrected chi connectivity index (χ0v) is 9.04. The normalized spacial score (nSPS) is 9.88. The average molecular weight is 240 g/mol. The predicted octanol–water partition coefficient (Wildman–Crippen LogP) is 1.62. The standard InChI is InChI=1S/C10H12N2O5/c13-9(14)5-1-2-7-17-8-4-3-6-11-10(8)12(15)16/h3-4,6H,1-2,5,7H2,(H,13,14). The summed E-state index contributed by atoms with van der Waals surface area (Å²) in [5, 5.41) is 19.0. The van der Waals surface area contributed by atoms with Gasteiger partial charge in [-0.2, -0.15) is 0 Å². The number of aliphatic carboxylic acids is 1. The predicted molar refractivity (Wildman–Crippen MR) is 57.9 cm³/mol. The molecule has 0 aliphatic heterocycles. The lowest BCUT2D eigenvalue weighted by atomic mass is 10.2. The highest BCUT2D eigenvalue weighted by molar-refractivity contribution is 5.66.